The van der Waals surface area contributed by atoms with E-state index in [0.29, 0.717) is 41.1 Å². The Hall–Kier alpha value is -4.31. The lowest BCUT2D eigenvalue weighted by Crippen LogP contribution is -2.38. The van der Waals surface area contributed by atoms with Crippen LogP contribution in [0.1, 0.15) is 28.9 Å². The molecular weight excluding hydrogens is 522 g/mol. The molecule has 2 saturated heterocycles. The van der Waals surface area contributed by atoms with Crippen molar-refractivity contribution < 1.29 is 14.3 Å². The van der Waals surface area contributed by atoms with Crippen molar-refractivity contribution in [3.8, 4) is 11.8 Å². The predicted molar refractivity (Wildman–Crippen MR) is 155 cm³/mol. The minimum absolute atomic E-state index is 0.229. The molecule has 0 bridgehead atoms. The van der Waals surface area contributed by atoms with Crippen molar-refractivity contribution in [2.24, 2.45) is 5.92 Å². The zero-order valence-electron chi connectivity index (χ0n) is 22.9. The molecule has 12 nitrogen and oxygen atoms in total. The van der Waals surface area contributed by atoms with Gasteiger partial charge >= 0.3 is 0 Å². The van der Waals surface area contributed by atoms with E-state index in [-0.39, 0.29) is 11.6 Å². The second-order valence-corrected chi connectivity index (χ2v) is 9.99. The van der Waals surface area contributed by atoms with E-state index in [1.165, 1.54) is 12.4 Å². The van der Waals surface area contributed by atoms with E-state index in [0.717, 1.165) is 71.1 Å². The summed E-state index contributed by atoms with van der Waals surface area (Å²) in [6.45, 7) is 7.58. The first-order valence-corrected chi connectivity index (χ1v) is 13.9. The molecule has 1 aromatic carbocycles. The molecule has 5 rings (SSSR count). The lowest BCUT2D eigenvalue weighted by molar-refractivity contribution is 0.0322. The molecule has 0 atom stereocenters. The molecule has 2 aliphatic rings. The molecule has 0 spiro atoms. The highest BCUT2D eigenvalue weighted by Crippen LogP contribution is 2.24. The number of carbonyl (C=O) groups is 1. The van der Waals surface area contributed by atoms with E-state index in [1.54, 1.807) is 12.3 Å². The largest absolute Gasteiger partial charge is 0.492 e. The van der Waals surface area contributed by atoms with Gasteiger partial charge in [-0.25, -0.2) is 15.0 Å². The first kappa shape index (κ1) is 28.2. The predicted octanol–water partition coefficient (Wildman–Crippen LogP) is 2.86. The Morgan fingerprint density at radius 3 is 2.59 bits per heavy atom. The fourth-order valence-electron chi connectivity index (χ4n) is 4.72. The van der Waals surface area contributed by atoms with E-state index in [2.05, 4.69) is 41.1 Å². The quantitative estimate of drug-likeness (QED) is 0.276. The number of nitrogens with zero attached hydrogens (tertiary/aromatic N) is 5. The van der Waals surface area contributed by atoms with Gasteiger partial charge in [0.15, 0.2) is 5.69 Å². The standard InChI is InChI=1S/C29H35N9O3/c30-16-23-18-34-28(20-32-23)37-27-15-26(33-17-21-5-7-31-8-6-21)25(19-35-27)29(39)36-22-1-3-24(4-2-22)41-14-11-38-9-12-40-13-10-38/h1-4,15,18-21,31H,5-14,17H2,(H,36,39)(H2,33,34,35,37). The van der Waals surface area contributed by atoms with Crippen LogP contribution in [0.2, 0.25) is 0 Å². The summed E-state index contributed by atoms with van der Waals surface area (Å²) in [6, 6.07) is 11.1. The molecule has 12 heteroatoms. The fourth-order valence-corrected chi connectivity index (χ4v) is 4.72. The van der Waals surface area contributed by atoms with Crippen molar-refractivity contribution in [3.05, 3.63) is 60.2 Å². The molecule has 4 N–H and O–H groups in total. The normalized spacial score (nSPS) is 16.0. The molecule has 0 radical (unpaired) electrons. The molecule has 4 heterocycles. The number of ether oxygens (including phenoxy) is 2. The van der Waals surface area contributed by atoms with Crippen molar-refractivity contribution in [1.82, 2.24) is 25.2 Å². The van der Waals surface area contributed by atoms with Gasteiger partial charge in [-0.15, -0.1) is 0 Å². The van der Waals surface area contributed by atoms with Gasteiger partial charge in [0.25, 0.3) is 5.91 Å². The molecule has 2 fully saturated rings. The summed E-state index contributed by atoms with van der Waals surface area (Å²) in [4.78, 5) is 28.3. The van der Waals surface area contributed by atoms with Crippen LogP contribution in [0.25, 0.3) is 0 Å². The first-order valence-electron chi connectivity index (χ1n) is 13.9. The molecule has 2 aromatic heterocycles. The second kappa shape index (κ2) is 14.4. The van der Waals surface area contributed by atoms with Crippen molar-refractivity contribution in [2.45, 2.75) is 12.8 Å². The summed E-state index contributed by atoms with van der Waals surface area (Å²) in [5.41, 5.74) is 1.99. The number of rotatable bonds is 11. The molecule has 0 unspecified atom stereocenters. The Morgan fingerprint density at radius 2 is 1.85 bits per heavy atom. The van der Waals surface area contributed by atoms with Gasteiger partial charge in [-0.3, -0.25) is 9.69 Å². The Labute approximate surface area is 239 Å². The Kier molecular flexibility index (Phi) is 9.89. The van der Waals surface area contributed by atoms with Gasteiger partial charge in [0, 0.05) is 44.1 Å². The SMILES string of the molecule is N#Cc1cnc(Nc2cc(NCC3CCNCC3)c(C(=O)Nc3ccc(OCCN4CCOCC4)cc3)cn2)cn1. The number of aromatic nitrogens is 3. The third-order valence-corrected chi connectivity index (χ3v) is 7.10. The molecule has 0 aliphatic carbocycles. The van der Waals surface area contributed by atoms with Gasteiger partial charge in [0.05, 0.1) is 36.9 Å². The average molecular weight is 558 g/mol. The van der Waals surface area contributed by atoms with Crippen LogP contribution >= 0.6 is 0 Å². The third kappa shape index (κ3) is 8.34. The summed E-state index contributed by atoms with van der Waals surface area (Å²) in [6.07, 6.45) is 6.56. The van der Waals surface area contributed by atoms with Crippen LogP contribution in [-0.2, 0) is 4.74 Å². The van der Waals surface area contributed by atoms with Gasteiger partial charge in [-0.05, 0) is 56.1 Å². The maximum Gasteiger partial charge on any atom is 0.259 e. The number of nitrogens with one attached hydrogen (secondary N) is 4. The molecule has 0 saturated carbocycles. The van der Waals surface area contributed by atoms with Gasteiger partial charge in [-0.1, -0.05) is 0 Å². The molecule has 3 aromatic rings. The number of hydrogen-bond donors (Lipinski definition) is 4. The maximum atomic E-state index is 13.3. The number of hydrogen-bond acceptors (Lipinski definition) is 11. The van der Waals surface area contributed by atoms with Gasteiger partial charge in [0.1, 0.15) is 30.1 Å². The van der Waals surface area contributed by atoms with Gasteiger partial charge in [-0.2, -0.15) is 5.26 Å². The Balaban J connectivity index is 1.23. The van der Waals surface area contributed by atoms with Crippen LogP contribution in [0.15, 0.2) is 48.9 Å². The number of anilines is 4. The number of amides is 1. The van der Waals surface area contributed by atoms with Crippen LogP contribution < -0.4 is 26.0 Å². The lowest BCUT2D eigenvalue weighted by Gasteiger charge is -2.26. The van der Waals surface area contributed by atoms with E-state index >= 15 is 0 Å². The van der Waals surface area contributed by atoms with Gasteiger partial charge < -0.3 is 30.7 Å². The maximum absolute atomic E-state index is 13.3. The van der Waals surface area contributed by atoms with Crippen LogP contribution in [0, 0.1) is 17.2 Å². The average Bonchev–Trinajstić information content (AvgIpc) is 3.02. The smallest absolute Gasteiger partial charge is 0.259 e. The summed E-state index contributed by atoms with van der Waals surface area (Å²) in [7, 11) is 0. The van der Waals surface area contributed by atoms with E-state index in [1.807, 2.05) is 30.3 Å². The number of nitriles is 1. The lowest BCUT2D eigenvalue weighted by atomic mass is 9.98. The van der Waals surface area contributed by atoms with Crippen LogP contribution in [0.3, 0.4) is 0 Å². The summed E-state index contributed by atoms with van der Waals surface area (Å²) in [5.74, 6) is 1.95. The Bertz CT molecular complexity index is 1320. The van der Waals surface area contributed by atoms with Crippen LogP contribution in [0.4, 0.5) is 23.0 Å². The molecule has 214 valence electrons. The Morgan fingerprint density at radius 1 is 1.07 bits per heavy atom. The first-order chi connectivity index (χ1) is 20.2. The molecule has 2 aliphatic heterocycles. The van der Waals surface area contributed by atoms with Crippen molar-refractivity contribution >= 4 is 28.9 Å². The number of piperidine rings is 1. The highest BCUT2D eigenvalue weighted by Gasteiger charge is 2.18. The van der Waals surface area contributed by atoms with E-state index in [9.17, 15) is 4.79 Å². The van der Waals surface area contributed by atoms with Crippen molar-refractivity contribution in [1.29, 1.82) is 5.26 Å². The number of carbonyl (C=O) groups excluding carboxylic acids is 1. The third-order valence-electron chi connectivity index (χ3n) is 7.10. The van der Waals surface area contributed by atoms with Crippen molar-refractivity contribution in [3.63, 3.8) is 0 Å². The van der Waals surface area contributed by atoms with E-state index < -0.39 is 0 Å². The monoisotopic (exact) mass is 557 g/mol. The topological polar surface area (TPSA) is 149 Å². The summed E-state index contributed by atoms with van der Waals surface area (Å²) in [5, 5.41) is 21.9. The molecule has 41 heavy (non-hydrogen) atoms. The van der Waals surface area contributed by atoms with Crippen LogP contribution in [0.5, 0.6) is 5.75 Å². The summed E-state index contributed by atoms with van der Waals surface area (Å²) < 4.78 is 11.3. The minimum Gasteiger partial charge on any atom is -0.492 e. The fraction of sp³-hybridized carbons (Fsp3) is 0.414. The van der Waals surface area contributed by atoms with Crippen molar-refractivity contribution in [2.75, 3.05) is 75.0 Å². The highest BCUT2D eigenvalue weighted by atomic mass is 16.5. The minimum atomic E-state index is -0.268. The number of pyridine rings is 1. The summed E-state index contributed by atoms with van der Waals surface area (Å²) >= 11 is 0. The number of benzene rings is 1. The molecule has 1 amide bonds. The highest BCUT2D eigenvalue weighted by molar-refractivity contribution is 6.08. The van der Waals surface area contributed by atoms with E-state index in [4.69, 9.17) is 14.7 Å². The second-order valence-electron chi connectivity index (χ2n) is 9.99. The van der Waals surface area contributed by atoms with Crippen LogP contribution in [-0.4, -0.2) is 84.8 Å². The zero-order chi connectivity index (χ0) is 28.3. The number of morpholine rings is 1. The van der Waals surface area contributed by atoms with Gasteiger partial charge in [0.2, 0.25) is 0 Å². The zero-order valence-corrected chi connectivity index (χ0v) is 22.9. The molecular formula is C29H35N9O3.